The van der Waals surface area contributed by atoms with Gasteiger partial charge in [0, 0.05) is 29.9 Å². The van der Waals surface area contributed by atoms with E-state index in [1.807, 2.05) is 49.5 Å². The second kappa shape index (κ2) is 5.67. The number of fused-ring (bicyclic) bond motifs is 1. The summed E-state index contributed by atoms with van der Waals surface area (Å²) in [6.07, 6.45) is 3.50. The molecule has 4 heteroatoms. The summed E-state index contributed by atoms with van der Waals surface area (Å²) in [5, 5.41) is 4.16. The minimum Gasteiger partial charge on any atom is -0.436 e. The van der Waals surface area contributed by atoms with Gasteiger partial charge >= 0.3 is 0 Å². The minimum atomic E-state index is 0.611. The standard InChI is InChI=1S/C16H15N3O/c1-17-11-13-7-4-10-19-16(13)20-14-8-2-5-12-6-3-9-18-15(12)14/h2-10,17H,11H2,1H3. The van der Waals surface area contributed by atoms with Gasteiger partial charge in [0.2, 0.25) is 5.88 Å². The number of para-hydroxylation sites is 1. The van der Waals surface area contributed by atoms with Crippen LogP contribution in [0.2, 0.25) is 0 Å². The topological polar surface area (TPSA) is 47.0 Å². The lowest BCUT2D eigenvalue weighted by atomic mass is 10.2. The highest BCUT2D eigenvalue weighted by Crippen LogP contribution is 2.28. The van der Waals surface area contributed by atoms with E-state index in [-0.39, 0.29) is 0 Å². The van der Waals surface area contributed by atoms with Crippen molar-refractivity contribution in [2.24, 2.45) is 0 Å². The number of nitrogens with one attached hydrogen (secondary N) is 1. The third-order valence-corrected chi connectivity index (χ3v) is 3.02. The summed E-state index contributed by atoms with van der Waals surface area (Å²) in [5.74, 6) is 1.33. The molecular weight excluding hydrogens is 250 g/mol. The van der Waals surface area contributed by atoms with Crippen LogP contribution in [-0.4, -0.2) is 17.0 Å². The average Bonchev–Trinajstić information content (AvgIpc) is 2.50. The van der Waals surface area contributed by atoms with Gasteiger partial charge in [-0.3, -0.25) is 4.98 Å². The third kappa shape index (κ3) is 2.46. The first kappa shape index (κ1) is 12.6. The van der Waals surface area contributed by atoms with Crippen molar-refractivity contribution in [1.82, 2.24) is 15.3 Å². The number of pyridine rings is 2. The molecule has 0 fully saturated rings. The fraction of sp³-hybridized carbons (Fsp3) is 0.125. The molecule has 2 aromatic heterocycles. The first-order chi connectivity index (χ1) is 9.88. The summed E-state index contributed by atoms with van der Waals surface area (Å²) in [6, 6.07) is 13.7. The first-order valence-electron chi connectivity index (χ1n) is 6.48. The van der Waals surface area contributed by atoms with Gasteiger partial charge in [0.25, 0.3) is 0 Å². The van der Waals surface area contributed by atoms with Crippen LogP contribution in [0.1, 0.15) is 5.56 Å². The Morgan fingerprint density at radius 2 is 1.80 bits per heavy atom. The van der Waals surface area contributed by atoms with Gasteiger partial charge in [-0.15, -0.1) is 0 Å². The number of nitrogens with zero attached hydrogens (tertiary/aromatic N) is 2. The number of ether oxygens (including phenoxy) is 1. The molecule has 0 aliphatic heterocycles. The molecule has 1 aromatic carbocycles. The van der Waals surface area contributed by atoms with Crippen molar-refractivity contribution >= 4 is 10.9 Å². The lowest BCUT2D eigenvalue weighted by molar-refractivity contribution is 0.458. The zero-order valence-electron chi connectivity index (χ0n) is 11.2. The van der Waals surface area contributed by atoms with Gasteiger partial charge in [0.1, 0.15) is 5.52 Å². The third-order valence-electron chi connectivity index (χ3n) is 3.02. The summed E-state index contributed by atoms with van der Waals surface area (Å²) in [7, 11) is 1.90. The number of benzene rings is 1. The van der Waals surface area contributed by atoms with Gasteiger partial charge < -0.3 is 10.1 Å². The number of hydrogen-bond donors (Lipinski definition) is 1. The molecule has 1 N–H and O–H groups in total. The van der Waals surface area contributed by atoms with Crippen LogP contribution < -0.4 is 10.1 Å². The highest BCUT2D eigenvalue weighted by Gasteiger charge is 2.08. The van der Waals surface area contributed by atoms with Gasteiger partial charge in [-0.25, -0.2) is 4.98 Å². The Morgan fingerprint density at radius 3 is 2.70 bits per heavy atom. The fourth-order valence-corrected chi connectivity index (χ4v) is 2.10. The van der Waals surface area contributed by atoms with E-state index in [1.165, 1.54) is 0 Å². The van der Waals surface area contributed by atoms with Gasteiger partial charge in [-0.1, -0.05) is 24.3 Å². The molecule has 0 aliphatic carbocycles. The van der Waals surface area contributed by atoms with E-state index in [9.17, 15) is 0 Å². The van der Waals surface area contributed by atoms with Crippen molar-refractivity contribution in [2.45, 2.75) is 6.54 Å². The molecule has 0 bridgehead atoms. The van der Waals surface area contributed by atoms with Crippen LogP contribution in [0.3, 0.4) is 0 Å². The van der Waals surface area contributed by atoms with Crippen molar-refractivity contribution < 1.29 is 4.74 Å². The zero-order valence-corrected chi connectivity index (χ0v) is 11.2. The van der Waals surface area contributed by atoms with Crippen LogP contribution in [-0.2, 0) is 6.54 Å². The molecule has 0 spiro atoms. The SMILES string of the molecule is CNCc1cccnc1Oc1cccc2cccnc12. The molecule has 3 rings (SSSR count). The van der Waals surface area contributed by atoms with E-state index >= 15 is 0 Å². The van der Waals surface area contributed by atoms with Crippen molar-refractivity contribution in [3.63, 3.8) is 0 Å². The molecule has 0 aliphatic rings. The highest BCUT2D eigenvalue weighted by atomic mass is 16.5. The molecule has 0 unspecified atom stereocenters. The highest BCUT2D eigenvalue weighted by molar-refractivity contribution is 5.84. The van der Waals surface area contributed by atoms with E-state index in [0.29, 0.717) is 12.4 Å². The molecule has 100 valence electrons. The van der Waals surface area contributed by atoms with Crippen molar-refractivity contribution in [3.8, 4) is 11.6 Å². The van der Waals surface area contributed by atoms with E-state index in [4.69, 9.17) is 4.74 Å². The predicted octanol–water partition coefficient (Wildman–Crippen LogP) is 3.14. The summed E-state index contributed by atoms with van der Waals surface area (Å²) in [6.45, 7) is 0.710. The lowest BCUT2D eigenvalue weighted by Crippen LogP contribution is -2.07. The lowest BCUT2D eigenvalue weighted by Gasteiger charge is -2.10. The number of hydrogen-bond acceptors (Lipinski definition) is 4. The van der Waals surface area contributed by atoms with E-state index in [2.05, 4.69) is 15.3 Å². The molecule has 20 heavy (non-hydrogen) atoms. The Bertz CT molecular complexity index is 722. The maximum atomic E-state index is 5.96. The van der Waals surface area contributed by atoms with E-state index < -0.39 is 0 Å². The van der Waals surface area contributed by atoms with E-state index in [0.717, 1.165) is 22.2 Å². The van der Waals surface area contributed by atoms with Crippen LogP contribution in [0.5, 0.6) is 11.6 Å². The Labute approximate surface area is 117 Å². The average molecular weight is 265 g/mol. The largest absolute Gasteiger partial charge is 0.436 e. The maximum absolute atomic E-state index is 5.96. The van der Waals surface area contributed by atoms with Gasteiger partial charge in [0.05, 0.1) is 0 Å². The molecule has 4 nitrogen and oxygen atoms in total. The van der Waals surface area contributed by atoms with Crippen molar-refractivity contribution in [1.29, 1.82) is 0 Å². The Morgan fingerprint density at radius 1 is 1.00 bits per heavy atom. The quantitative estimate of drug-likeness (QED) is 0.787. The Kier molecular flexibility index (Phi) is 3.56. The van der Waals surface area contributed by atoms with Crippen LogP contribution in [0.4, 0.5) is 0 Å². The normalized spacial score (nSPS) is 10.7. The smallest absolute Gasteiger partial charge is 0.223 e. The zero-order chi connectivity index (χ0) is 13.8. The summed E-state index contributed by atoms with van der Waals surface area (Å²) >= 11 is 0. The summed E-state index contributed by atoms with van der Waals surface area (Å²) in [4.78, 5) is 8.69. The van der Waals surface area contributed by atoms with E-state index in [1.54, 1.807) is 12.4 Å². The maximum Gasteiger partial charge on any atom is 0.223 e. The monoisotopic (exact) mass is 265 g/mol. The molecule has 0 atom stereocenters. The van der Waals surface area contributed by atoms with Crippen LogP contribution in [0.25, 0.3) is 10.9 Å². The van der Waals surface area contributed by atoms with Gasteiger partial charge in [-0.2, -0.15) is 0 Å². The van der Waals surface area contributed by atoms with Crippen molar-refractivity contribution in [3.05, 3.63) is 60.4 Å². The fourth-order valence-electron chi connectivity index (χ4n) is 2.10. The Hall–Kier alpha value is -2.46. The molecule has 2 heterocycles. The first-order valence-corrected chi connectivity index (χ1v) is 6.48. The minimum absolute atomic E-state index is 0.611. The summed E-state index contributed by atoms with van der Waals surface area (Å²) < 4.78 is 5.96. The molecule has 0 amide bonds. The molecular formula is C16H15N3O. The second-order valence-electron chi connectivity index (χ2n) is 4.43. The predicted molar refractivity (Wildman–Crippen MR) is 78.8 cm³/mol. The Balaban J connectivity index is 2.01. The molecule has 0 radical (unpaired) electrons. The van der Waals surface area contributed by atoms with Crippen LogP contribution >= 0.6 is 0 Å². The molecule has 0 saturated carbocycles. The van der Waals surface area contributed by atoms with Gasteiger partial charge in [-0.05, 0) is 25.2 Å². The van der Waals surface area contributed by atoms with Gasteiger partial charge in [0.15, 0.2) is 5.75 Å². The summed E-state index contributed by atoms with van der Waals surface area (Å²) in [5.41, 5.74) is 1.86. The number of rotatable bonds is 4. The molecule has 0 saturated heterocycles. The van der Waals surface area contributed by atoms with Crippen LogP contribution in [0.15, 0.2) is 54.9 Å². The van der Waals surface area contributed by atoms with Crippen LogP contribution in [0, 0.1) is 0 Å². The number of aromatic nitrogens is 2. The van der Waals surface area contributed by atoms with Crippen molar-refractivity contribution in [2.75, 3.05) is 7.05 Å². The second-order valence-corrected chi connectivity index (χ2v) is 4.43. The molecule has 3 aromatic rings.